The maximum Gasteiger partial charge on any atom is 0.295 e. The average molecular weight is 537 g/mol. The molecular formula is C28H22Cl2N2O5. The minimum atomic E-state index is -0.884. The van der Waals surface area contributed by atoms with Crippen LogP contribution >= 0.6 is 23.2 Å². The fourth-order valence-corrected chi connectivity index (χ4v) is 5.38. The molecule has 0 radical (unpaired) electrons. The number of phenols is 1. The van der Waals surface area contributed by atoms with Crippen LogP contribution in [0, 0.1) is 0 Å². The van der Waals surface area contributed by atoms with E-state index in [9.17, 15) is 19.8 Å². The van der Waals surface area contributed by atoms with E-state index in [4.69, 9.17) is 27.9 Å². The Morgan fingerprint density at radius 3 is 2.41 bits per heavy atom. The van der Waals surface area contributed by atoms with E-state index < -0.39 is 23.5 Å². The number of carbonyl (C=O) groups excluding carboxylic acids is 2. The number of para-hydroxylation sites is 1. The summed E-state index contributed by atoms with van der Waals surface area (Å²) < 4.78 is 5.17. The number of aliphatic hydroxyl groups is 1. The number of ether oxygens (including phenoxy) is 1. The van der Waals surface area contributed by atoms with Crippen LogP contribution in [0.5, 0.6) is 11.5 Å². The third kappa shape index (κ3) is 4.41. The molecule has 7 nitrogen and oxygen atoms in total. The molecule has 3 aromatic carbocycles. The summed E-state index contributed by atoms with van der Waals surface area (Å²) in [5.74, 6) is -1.69. The highest BCUT2D eigenvalue weighted by molar-refractivity contribution is 6.46. The monoisotopic (exact) mass is 536 g/mol. The van der Waals surface area contributed by atoms with Gasteiger partial charge in [0.1, 0.15) is 11.5 Å². The number of hydrogen-bond acceptors (Lipinski definition) is 5. The van der Waals surface area contributed by atoms with Crippen molar-refractivity contribution in [3.8, 4) is 11.5 Å². The first-order chi connectivity index (χ1) is 17.8. The van der Waals surface area contributed by atoms with Gasteiger partial charge in [-0.05, 0) is 47.9 Å². The zero-order chi connectivity index (χ0) is 26.3. The second-order valence-corrected chi connectivity index (χ2v) is 9.48. The van der Waals surface area contributed by atoms with Crippen LogP contribution in [-0.4, -0.2) is 45.4 Å². The highest BCUT2D eigenvalue weighted by Gasteiger charge is 2.46. The van der Waals surface area contributed by atoms with Gasteiger partial charge in [-0.3, -0.25) is 9.59 Å². The van der Waals surface area contributed by atoms with Crippen molar-refractivity contribution in [1.29, 1.82) is 0 Å². The largest absolute Gasteiger partial charge is 0.508 e. The highest BCUT2D eigenvalue weighted by atomic mass is 35.5. The van der Waals surface area contributed by atoms with Gasteiger partial charge in [-0.25, -0.2) is 0 Å². The van der Waals surface area contributed by atoms with Gasteiger partial charge in [-0.1, -0.05) is 53.5 Å². The van der Waals surface area contributed by atoms with E-state index in [0.717, 1.165) is 16.5 Å². The van der Waals surface area contributed by atoms with Crippen LogP contribution in [0.3, 0.4) is 0 Å². The lowest BCUT2D eigenvalue weighted by Crippen LogP contribution is -2.31. The number of amides is 1. The summed E-state index contributed by atoms with van der Waals surface area (Å²) in [6.45, 7) is 0.221. The van der Waals surface area contributed by atoms with Crippen molar-refractivity contribution in [1.82, 2.24) is 9.88 Å². The van der Waals surface area contributed by atoms with Crippen molar-refractivity contribution < 1.29 is 24.5 Å². The predicted molar refractivity (Wildman–Crippen MR) is 142 cm³/mol. The number of phenolic OH excluding ortho intramolecular Hbond substituents is 1. The Morgan fingerprint density at radius 2 is 1.73 bits per heavy atom. The molecule has 9 heteroatoms. The number of fused-ring (bicyclic) bond motifs is 1. The van der Waals surface area contributed by atoms with Crippen LogP contribution in [-0.2, 0) is 16.0 Å². The molecular weight excluding hydrogens is 515 g/mol. The number of hydrogen-bond donors (Lipinski definition) is 3. The maximum atomic E-state index is 13.3. The number of Topliss-reactive ketones (excluding diaryl/α,β-unsaturated/α-hetero) is 1. The standard InChI is InChI=1S/C28H22Cl2N2O5/c1-37-27-20(29)12-17(13-21(27)30)25(34)23-24(15-6-8-18(33)9-7-15)32(28(36)26(23)35)11-10-16-14-31-22-5-3-2-4-19(16)22/h2-9,12-14,24,31,33-34H,10-11H2,1H3/b25-23+. The summed E-state index contributed by atoms with van der Waals surface area (Å²) in [6.07, 6.45) is 2.37. The molecule has 1 aliphatic rings. The molecule has 0 saturated carbocycles. The molecule has 3 N–H and O–H groups in total. The molecule has 1 fully saturated rings. The van der Waals surface area contributed by atoms with E-state index in [-0.39, 0.29) is 39.2 Å². The first-order valence-corrected chi connectivity index (χ1v) is 12.2. The van der Waals surface area contributed by atoms with Crippen molar-refractivity contribution in [2.24, 2.45) is 0 Å². The molecule has 1 aromatic heterocycles. The Bertz CT molecular complexity index is 1540. The molecule has 37 heavy (non-hydrogen) atoms. The van der Waals surface area contributed by atoms with E-state index in [1.807, 2.05) is 30.5 Å². The zero-order valence-corrected chi connectivity index (χ0v) is 21.2. The van der Waals surface area contributed by atoms with Gasteiger partial charge >= 0.3 is 0 Å². The van der Waals surface area contributed by atoms with Crippen molar-refractivity contribution >= 4 is 51.6 Å². The van der Waals surface area contributed by atoms with Crippen LogP contribution in [0.25, 0.3) is 16.7 Å². The molecule has 1 aliphatic heterocycles. The van der Waals surface area contributed by atoms with Gasteiger partial charge in [0, 0.05) is 29.2 Å². The number of ketones is 1. The lowest BCUT2D eigenvalue weighted by Gasteiger charge is -2.25. The minimum absolute atomic E-state index is 0.0354. The number of H-pyrrole nitrogens is 1. The lowest BCUT2D eigenvalue weighted by atomic mass is 9.95. The molecule has 0 bridgehead atoms. The number of nitrogens with one attached hydrogen (secondary N) is 1. The number of aromatic hydroxyl groups is 1. The second kappa shape index (κ2) is 9.84. The van der Waals surface area contributed by atoms with Crippen molar-refractivity contribution in [3.05, 3.63) is 99.2 Å². The molecule has 2 heterocycles. The third-order valence-electron chi connectivity index (χ3n) is 6.52. The average Bonchev–Trinajstić information content (AvgIpc) is 3.41. The lowest BCUT2D eigenvalue weighted by molar-refractivity contribution is -0.139. The first kappa shape index (κ1) is 24.7. The molecule has 0 aliphatic carbocycles. The molecule has 1 amide bonds. The van der Waals surface area contributed by atoms with Crippen molar-refractivity contribution in [3.63, 3.8) is 0 Å². The number of aromatic nitrogens is 1. The molecule has 0 spiro atoms. The number of halogens is 2. The highest BCUT2D eigenvalue weighted by Crippen LogP contribution is 2.42. The summed E-state index contributed by atoms with van der Waals surface area (Å²) in [4.78, 5) is 31.2. The van der Waals surface area contributed by atoms with Gasteiger partial charge in [-0.15, -0.1) is 0 Å². The Hall–Kier alpha value is -3.94. The Morgan fingerprint density at radius 1 is 1.05 bits per heavy atom. The van der Waals surface area contributed by atoms with Gasteiger partial charge in [-0.2, -0.15) is 0 Å². The normalized spacial score (nSPS) is 17.1. The number of likely N-dealkylation sites (tertiary alicyclic amines) is 1. The number of methoxy groups -OCH3 is 1. The van der Waals surface area contributed by atoms with E-state index >= 15 is 0 Å². The van der Waals surface area contributed by atoms with Gasteiger partial charge in [0.05, 0.1) is 28.8 Å². The number of benzene rings is 3. The topological polar surface area (TPSA) is 103 Å². The molecule has 188 valence electrons. The molecule has 4 aromatic rings. The molecule has 5 rings (SSSR count). The van der Waals surface area contributed by atoms with E-state index in [0.29, 0.717) is 12.0 Å². The maximum absolute atomic E-state index is 13.3. The second-order valence-electron chi connectivity index (χ2n) is 8.67. The Kier molecular flexibility index (Phi) is 6.58. The van der Waals surface area contributed by atoms with Crippen LogP contribution in [0.15, 0.2) is 72.4 Å². The third-order valence-corrected chi connectivity index (χ3v) is 7.08. The summed E-state index contributed by atoms with van der Waals surface area (Å²) in [5, 5.41) is 22.4. The molecule has 1 atom stereocenters. The Labute approximate surface area is 222 Å². The van der Waals surface area contributed by atoms with Gasteiger partial charge in [0.25, 0.3) is 11.7 Å². The van der Waals surface area contributed by atoms with Gasteiger partial charge in [0.2, 0.25) is 0 Å². The number of aliphatic hydroxyl groups excluding tert-OH is 1. The number of carbonyl (C=O) groups is 2. The van der Waals surface area contributed by atoms with Crippen molar-refractivity contribution in [2.45, 2.75) is 12.5 Å². The number of nitrogens with zero attached hydrogens (tertiary/aromatic N) is 1. The summed E-state index contributed by atoms with van der Waals surface area (Å²) >= 11 is 12.5. The summed E-state index contributed by atoms with van der Waals surface area (Å²) in [5.41, 5.74) is 2.61. The quantitative estimate of drug-likeness (QED) is 0.163. The first-order valence-electron chi connectivity index (χ1n) is 11.5. The van der Waals surface area contributed by atoms with Crippen LogP contribution in [0.4, 0.5) is 0 Å². The smallest absolute Gasteiger partial charge is 0.295 e. The van der Waals surface area contributed by atoms with Crippen molar-refractivity contribution in [2.75, 3.05) is 13.7 Å². The van der Waals surface area contributed by atoms with Crippen LogP contribution in [0.2, 0.25) is 10.0 Å². The molecule has 1 unspecified atom stereocenters. The minimum Gasteiger partial charge on any atom is -0.508 e. The van der Waals surface area contributed by atoms with Crippen LogP contribution in [0.1, 0.15) is 22.7 Å². The fraction of sp³-hybridized carbons (Fsp3) is 0.143. The Balaban J connectivity index is 1.59. The fourth-order valence-electron chi connectivity index (χ4n) is 4.74. The van der Waals surface area contributed by atoms with Gasteiger partial charge in [0.15, 0.2) is 5.75 Å². The van der Waals surface area contributed by atoms with E-state index in [1.165, 1.54) is 36.3 Å². The predicted octanol–water partition coefficient (Wildman–Crippen LogP) is 5.85. The zero-order valence-electron chi connectivity index (χ0n) is 19.7. The van der Waals surface area contributed by atoms with E-state index in [2.05, 4.69) is 4.98 Å². The summed E-state index contributed by atoms with van der Waals surface area (Å²) in [6, 6.07) is 16.0. The number of rotatable bonds is 6. The summed E-state index contributed by atoms with van der Waals surface area (Å²) in [7, 11) is 1.41. The number of aromatic amines is 1. The van der Waals surface area contributed by atoms with Gasteiger partial charge < -0.3 is 24.8 Å². The van der Waals surface area contributed by atoms with Crippen LogP contribution < -0.4 is 4.74 Å². The molecule has 1 saturated heterocycles. The SMILES string of the molecule is COc1c(Cl)cc(/C(O)=C2\C(=O)C(=O)N(CCc3c[nH]c4ccccc34)C2c2ccc(O)cc2)cc1Cl. The van der Waals surface area contributed by atoms with E-state index in [1.54, 1.807) is 12.1 Å².